The van der Waals surface area contributed by atoms with Crippen LogP contribution in [0, 0.1) is 12.7 Å². The Morgan fingerprint density at radius 2 is 1.67 bits per heavy atom. The highest BCUT2D eigenvalue weighted by molar-refractivity contribution is 5.67. The fourth-order valence-electron chi connectivity index (χ4n) is 1.60. The van der Waals surface area contributed by atoms with Gasteiger partial charge in [-0.3, -0.25) is 0 Å². The number of aryl methyl sites for hydroxylation is 1. The molecule has 0 aromatic heterocycles. The van der Waals surface area contributed by atoms with Crippen molar-refractivity contribution in [3.05, 3.63) is 53.8 Å². The number of aromatic hydroxyl groups is 1. The summed E-state index contributed by atoms with van der Waals surface area (Å²) < 4.78 is 12.7. The van der Waals surface area contributed by atoms with Crippen LogP contribution in [-0.2, 0) is 0 Å². The molecule has 0 spiro atoms. The molecule has 0 unspecified atom stereocenters. The van der Waals surface area contributed by atoms with Crippen molar-refractivity contribution in [3.63, 3.8) is 0 Å². The molecule has 0 amide bonds. The van der Waals surface area contributed by atoms with Gasteiger partial charge >= 0.3 is 0 Å². The van der Waals surface area contributed by atoms with Crippen LogP contribution >= 0.6 is 0 Å². The molecule has 76 valence electrons. The first-order valence-electron chi connectivity index (χ1n) is 4.72. The molecule has 0 saturated heterocycles. The zero-order valence-electron chi connectivity index (χ0n) is 8.37. The highest BCUT2D eigenvalue weighted by Crippen LogP contribution is 2.26. The van der Waals surface area contributed by atoms with Crippen LogP contribution in [0.25, 0.3) is 11.1 Å². The van der Waals surface area contributed by atoms with E-state index in [4.69, 9.17) is 0 Å². The second kappa shape index (κ2) is 3.73. The number of phenols is 1. The van der Waals surface area contributed by atoms with Crippen molar-refractivity contribution in [2.24, 2.45) is 0 Å². The van der Waals surface area contributed by atoms with E-state index in [1.807, 2.05) is 13.0 Å². The van der Waals surface area contributed by atoms with Crippen LogP contribution in [0.15, 0.2) is 42.5 Å². The summed E-state index contributed by atoms with van der Waals surface area (Å²) in [5.74, 6) is 0.00791. The molecule has 1 N–H and O–H groups in total. The van der Waals surface area contributed by atoms with Crippen LogP contribution in [0.3, 0.4) is 0 Å². The third kappa shape index (κ3) is 1.99. The normalized spacial score (nSPS) is 10.3. The maximum absolute atomic E-state index is 12.7. The van der Waals surface area contributed by atoms with E-state index in [0.717, 1.165) is 16.7 Å². The topological polar surface area (TPSA) is 20.2 Å². The predicted molar refractivity (Wildman–Crippen MR) is 58.2 cm³/mol. The van der Waals surface area contributed by atoms with Gasteiger partial charge in [-0.05, 0) is 47.9 Å². The molecule has 0 aliphatic carbocycles. The Hall–Kier alpha value is -1.83. The third-order valence-corrected chi connectivity index (χ3v) is 2.37. The molecule has 2 aromatic carbocycles. The quantitative estimate of drug-likeness (QED) is 0.750. The largest absolute Gasteiger partial charge is 0.508 e. The minimum absolute atomic E-state index is 0.241. The maximum atomic E-state index is 12.7. The summed E-state index contributed by atoms with van der Waals surface area (Å²) in [6.07, 6.45) is 0. The van der Waals surface area contributed by atoms with Gasteiger partial charge < -0.3 is 5.11 Å². The molecular formula is C13H11FO. The zero-order chi connectivity index (χ0) is 10.8. The molecule has 2 rings (SSSR count). The molecule has 0 aliphatic rings. The zero-order valence-corrected chi connectivity index (χ0v) is 8.37. The molecule has 0 aliphatic heterocycles. The van der Waals surface area contributed by atoms with Crippen molar-refractivity contribution in [2.75, 3.05) is 0 Å². The van der Waals surface area contributed by atoms with Crippen molar-refractivity contribution in [1.82, 2.24) is 0 Å². The van der Waals surface area contributed by atoms with Gasteiger partial charge in [-0.15, -0.1) is 0 Å². The predicted octanol–water partition coefficient (Wildman–Crippen LogP) is 3.51. The van der Waals surface area contributed by atoms with Crippen molar-refractivity contribution >= 4 is 0 Å². The molecule has 0 atom stereocenters. The van der Waals surface area contributed by atoms with Gasteiger partial charge in [0, 0.05) is 0 Å². The van der Waals surface area contributed by atoms with Crippen molar-refractivity contribution in [2.45, 2.75) is 6.92 Å². The number of hydrogen-bond acceptors (Lipinski definition) is 1. The Kier molecular flexibility index (Phi) is 2.42. The van der Waals surface area contributed by atoms with E-state index in [1.165, 1.54) is 12.1 Å². The van der Waals surface area contributed by atoms with Gasteiger partial charge in [-0.1, -0.05) is 18.2 Å². The van der Waals surface area contributed by atoms with Gasteiger partial charge in [0.15, 0.2) is 0 Å². The van der Waals surface area contributed by atoms with Gasteiger partial charge in [0.2, 0.25) is 0 Å². The Morgan fingerprint density at radius 3 is 2.27 bits per heavy atom. The molecular weight excluding hydrogens is 191 g/mol. The van der Waals surface area contributed by atoms with Gasteiger partial charge in [0.1, 0.15) is 11.6 Å². The van der Waals surface area contributed by atoms with Gasteiger partial charge in [-0.2, -0.15) is 0 Å². The first-order chi connectivity index (χ1) is 7.16. The Balaban J connectivity index is 2.49. The number of halogens is 1. The van der Waals surface area contributed by atoms with Crippen molar-refractivity contribution < 1.29 is 9.50 Å². The van der Waals surface area contributed by atoms with E-state index >= 15 is 0 Å². The summed E-state index contributed by atoms with van der Waals surface area (Å²) in [6.45, 7) is 1.92. The molecule has 0 radical (unpaired) electrons. The first kappa shape index (κ1) is 9.71. The van der Waals surface area contributed by atoms with E-state index in [0.29, 0.717) is 0 Å². The molecule has 2 heteroatoms. The minimum atomic E-state index is -0.241. The van der Waals surface area contributed by atoms with Crippen LogP contribution < -0.4 is 0 Å². The van der Waals surface area contributed by atoms with Crippen LogP contribution in [0.2, 0.25) is 0 Å². The molecule has 2 aromatic rings. The fourth-order valence-corrected chi connectivity index (χ4v) is 1.60. The highest BCUT2D eigenvalue weighted by atomic mass is 19.1. The summed E-state index contributed by atoms with van der Waals surface area (Å²) in [6, 6.07) is 11.5. The van der Waals surface area contributed by atoms with E-state index in [-0.39, 0.29) is 11.6 Å². The van der Waals surface area contributed by atoms with E-state index in [2.05, 4.69) is 0 Å². The molecule has 0 bridgehead atoms. The molecule has 0 heterocycles. The molecule has 0 fully saturated rings. The summed E-state index contributed by atoms with van der Waals surface area (Å²) in [7, 11) is 0. The lowest BCUT2D eigenvalue weighted by Gasteiger charge is -2.06. The smallest absolute Gasteiger partial charge is 0.123 e. The summed E-state index contributed by atoms with van der Waals surface area (Å²) in [5, 5.41) is 9.27. The van der Waals surface area contributed by atoms with Crippen molar-refractivity contribution in [3.8, 4) is 16.9 Å². The second-order valence-electron chi connectivity index (χ2n) is 3.51. The number of hydrogen-bond donors (Lipinski definition) is 1. The fraction of sp³-hybridized carbons (Fsp3) is 0.0769. The molecule has 1 nitrogen and oxygen atoms in total. The van der Waals surface area contributed by atoms with E-state index in [1.54, 1.807) is 24.3 Å². The molecule has 15 heavy (non-hydrogen) atoms. The number of rotatable bonds is 1. The minimum Gasteiger partial charge on any atom is -0.508 e. The molecule has 0 saturated carbocycles. The SMILES string of the molecule is Cc1cc(O)ccc1-c1ccc(F)cc1. The van der Waals surface area contributed by atoms with Gasteiger partial charge in [-0.25, -0.2) is 4.39 Å². The average Bonchev–Trinajstić information content (AvgIpc) is 2.20. The standard InChI is InChI=1S/C13H11FO/c1-9-8-12(15)6-7-13(9)10-2-4-11(14)5-3-10/h2-8,15H,1H3. The van der Waals surface area contributed by atoms with Gasteiger partial charge in [0.05, 0.1) is 0 Å². The Labute approximate surface area is 87.8 Å². The number of phenolic OH excluding ortho intramolecular Hbond substituents is 1. The van der Waals surface area contributed by atoms with Crippen molar-refractivity contribution in [1.29, 1.82) is 0 Å². The lowest BCUT2D eigenvalue weighted by Crippen LogP contribution is -1.83. The summed E-state index contributed by atoms with van der Waals surface area (Å²) in [5.41, 5.74) is 2.93. The van der Waals surface area contributed by atoms with Crippen LogP contribution in [0.4, 0.5) is 4.39 Å². The van der Waals surface area contributed by atoms with Gasteiger partial charge in [0.25, 0.3) is 0 Å². The van der Waals surface area contributed by atoms with Crippen LogP contribution in [0.1, 0.15) is 5.56 Å². The van der Waals surface area contributed by atoms with E-state index in [9.17, 15) is 9.50 Å². The lowest BCUT2D eigenvalue weighted by atomic mass is 10.0. The first-order valence-corrected chi connectivity index (χ1v) is 4.72. The number of benzene rings is 2. The van der Waals surface area contributed by atoms with Crippen LogP contribution in [0.5, 0.6) is 5.75 Å². The third-order valence-electron chi connectivity index (χ3n) is 2.37. The maximum Gasteiger partial charge on any atom is 0.123 e. The highest BCUT2D eigenvalue weighted by Gasteiger charge is 2.02. The lowest BCUT2D eigenvalue weighted by molar-refractivity contribution is 0.475. The average molecular weight is 202 g/mol. The Bertz CT molecular complexity index is 474. The summed E-state index contributed by atoms with van der Waals surface area (Å²) in [4.78, 5) is 0. The van der Waals surface area contributed by atoms with Crippen LogP contribution in [-0.4, -0.2) is 5.11 Å². The van der Waals surface area contributed by atoms with E-state index < -0.39 is 0 Å². The monoisotopic (exact) mass is 202 g/mol. The Morgan fingerprint density at radius 1 is 1.00 bits per heavy atom. The second-order valence-corrected chi connectivity index (χ2v) is 3.51. The summed E-state index contributed by atoms with van der Waals surface area (Å²) >= 11 is 0.